The zero-order chi connectivity index (χ0) is 19.2. The molecule has 0 spiro atoms. The summed E-state index contributed by atoms with van der Waals surface area (Å²) >= 11 is 0. The lowest BCUT2D eigenvalue weighted by molar-refractivity contribution is -0.130. The second-order valence-corrected chi connectivity index (χ2v) is 6.63. The van der Waals surface area contributed by atoms with Crippen molar-refractivity contribution in [2.75, 3.05) is 7.05 Å². The standard InChI is InChI=1S/C23H23NO3/c1-17-8-13-21(27-17)16-24(2)23(26)15-14-22(25)20-11-9-19(10-12-20)18-6-4-3-5-7-18/h3-13H,14-16H2,1-2H3. The van der Waals surface area contributed by atoms with Crippen molar-refractivity contribution in [1.29, 1.82) is 0 Å². The van der Waals surface area contributed by atoms with E-state index in [4.69, 9.17) is 4.42 Å². The quantitative estimate of drug-likeness (QED) is 0.564. The molecule has 0 saturated heterocycles. The average Bonchev–Trinajstić information content (AvgIpc) is 3.11. The van der Waals surface area contributed by atoms with E-state index in [0.717, 1.165) is 22.6 Å². The number of aryl methyl sites for hydroxylation is 1. The number of rotatable bonds is 7. The molecule has 0 saturated carbocycles. The van der Waals surface area contributed by atoms with E-state index in [0.29, 0.717) is 12.1 Å². The molecular weight excluding hydrogens is 338 g/mol. The third kappa shape index (κ3) is 4.94. The zero-order valence-electron chi connectivity index (χ0n) is 15.6. The summed E-state index contributed by atoms with van der Waals surface area (Å²) in [6.45, 7) is 2.28. The molecule has 138 valence electrons. The van der Waals surface area contributed by atoms with Crippen molar-refractivity contribution in [3.05, 3.63) is 83.8 Å². The molecule has 1 amide bonds. The van der Waals surface area contributed by atoms with Gasteiger partial charge in [0.05, 0.1) is 6.54 Å². The first-order valence-corrected chi connectivity index (χ1v) is 9.01. The number of carbonyl (C=O) groups is 2. The summed E-state index contributed by atoms with van der Waals surface area (Å²) in [7, 11) is 1.72. The SMILES string of the molecule is Cc1ccc(CN(C)C(=O)CCC(=O)c2ccc(-c3ccccc3)cc2)o1. The predicted octanol–water partition coefficient (Wildman–Crippen LogP) is 4.88. The second-order valence-electron chi connectivity index (χ2n) is 6.63. The van der Waals surface area contributed by atoms with Crippen LogP contribution < -0.4 is 0 Å². The molecule has 2 aromatic carbocycles. The Bertz CT molecular complexity index is 910. The summed E-state index contributed by atoms with van der Waals surface area (Å²) in [6, 6.07) is 21.3. The van der Waals surface area contributed by atoms with E-state index < -0.39 is 0 Å². The predicted molar refractivity (Wildman–Crippen MR) is 105 cm³/mol. The molecule has 1 heterocycles. The Balaban J connectivity index is 1.53. The summed E-state index contributed by atoms with van der Waals surface area (Å²) in [4.78, 5) is 26.2. The van der Waals surface area contributed by atoms with Crippen LogP contribution in [0.1, 0.15) is 34.7 Å². The van der Waals surface area contributed by atoms with Crippen LogP contribution in [0.25, 0.3) is 11.1 Å². The molecule has 0 unspecified atom stereocenters. The molecule has 0 aliphatic rings. The van der Waals surface area contributed by atoms with E-state index in [9.17, 15) is 9.59 Å². The van der Waals surface area contributed by atoms with Gasteiger partial charge in [0.15, 0.2) is 5.78 Å². The van der Waals surface area contributed by atoms with Gasteiger partial charge in [0.2, 0.25) is 5.91 Å². The molecule has 3 aromatic rings. The number of carbonyl (C=O) groups excluding carboxylic acids is 2. The first-order valence-electron chi connectivity index (χ1n) is 9.01. The molecule has 0 aliphatic carbocycles. The largest absolute Gasteiger partial charge is 0.464 e. The van der Waals surface area contributed by atoms with Crippen molar-refractivity contribution in [2.45, 2.75) is 26.3 Å². The highest BCUT2D eigenvalue weighted by molar-refractivity contribution is 5.98. The Kier molecular flexibility index (Phi) is 5.87. The molecule has 0 fully saturated rings. The number of furan rings is 1. The van der Waals surface area contributed by atoms with Crippen molar-refractivity contribution in [1.82, 2.24) is 4.90 Å². The number of hydrogen-bond donors (Lipinski definition) is 0. The number of benzene rings is 2. The molecule has 0 atom stereocenters. The fraction of sp³-hybridized carbons (Fsp3) is 0.217. The summed E-state index contributed by atoms with van der Waals surface area (Å²) < 4.78 is 5.49. The van der Waals surface area contributed by atoms with Crippen molar-refractivity contribution in [3.8, 4) is 11.1 Å². The van der Waals surface area contributed by atoms with Gasteiger partial charge in [0.25, 0.3) is 0 Å². The first-order chi connectivity index (χ1) is 13.0. The van der Waals surface area contributed by atoms with Gasteiger partial charge in [0.1, 0.15) is 11.5 Å². The minimum atomic E-state index is -0.0710. The fourth-order valence-electron chi connectivity index (χ4n) is 2.93. The Labute approximate surface area is 159 Å². The molecule has 0 N–H and O–H groups in total. The summed E-state index contributed by atoms with van der Waals surface area (Å²) in [6.07, 6.45) is 0.389. The van der Waals surface area contributed by atoms with E-state index in [1.807, 2.05) is 73.7 Å². The molecule has 1 aromatic heterocycles. The van der Waals surface area contributed by atoms with Crippen LogP contribution >= 0.6 is 0 Å². The van der Waals surface area contributed by atoms with E-state index in [2.05, 4.69) is 0 Å². The Morgan fingerprint density at radius 2 is 1.52 bits per heavy atom. The Morgan fingerprint density at radius 1 is 0.852 bits per heavy atom. The minimum absolute atomic E-state index is 0.0230. The van der Waals surface area contributed by atoms with Gasteiger partial charge in [-0.05, 0) is 30.2 Å². The van der Waals surface area contributed by atoms with Crippen molar-refractivity contribution < 1.29 is 14.0 Å². The van der Waals surface area contributed by atoms with Crippen LogP contribution in [0.2, 0.25) is 0 Å². The van der Waals surface area contributed by atoms with Gasteiger partial charge in [-0.2, -0.15) is 0 Å². The van der Waals surface area contributed by atoms with Crippen LogP contribution in [-0.4, -0.2) is 23.6 Å². The van der Waals surface area contributed by atoms with E-state index in [-0.39, 0.29) is 24.5 Å². The van der Waals surface area contributed by atoms with E-state index in [1.54, 1.807) is 11.9 Å². The van der Waals surface area contributed by atoms with Gasteiger partial charge in [-0.1, -0.05) is 54.6 Å². The highest BCUT2D eigenvalue weighted by Gasteiger charge is 2.14. The molecule has 4 heteroatoms. The third-order valence-corrected chi connectivity index (χ3v) is 4.49. The average molecular weight is 361 g/mol. The zero-order valence-corrected chi connectivity index (χ0v) is 15.6. The van der Waals surface area contributed by atoms with Gasteiger partial charge in [-0.25, -0.2) is 0 Å². The van der Waals surface area contributed by atoms with Crippen LogP contribution in [0.5, 0.6) is 0 Å². The smallest absolute Gasteiger partial charge is 0.223 e. The lowest BCUT2D eigenvalue weighted by Gasteiger charge is -2.15. The lowest BCUT2D eigenvalue weighted by atomic mass is 10.0. The highest BCUT2D eigenvalue weighted by atomic mass is 16.3. The van der Waals surface area contributed by atoms with Crippen LogP contribution in [0.3, 0.4) is 0 Å². The van der Waals surface area contributed by atoms with Crippen LogP contribution in [-0.2, 0) is 11.3 Å². The first kappa shape index (κ1) is 18.6. The molecule has 4 nitrogen and oxygen atoms in total. The lowest BCUT2D eigenvalue weighted by Crippen LogP contribution is -2.26. The maximum absolute atomic E-state index is 12.4. The van der Waals surface area contributed by atoms with Crippen molar-refractivity contribution >= 4 is 11.7 Å². The topological polar surface area (TPSA) is 50.5 Å². The molecular formula is C23H23NO3. The Morgan fingerprint density at radius 3 is 2.15 bits per heavy atom. The number of ketones is 1. The number of nitrogens with zero attached hydrogens (tertiary/aromatic N) is 1. The maximum Gasteiger partial charge on any atom is 0.223 e. The van der Waals surface area contributed by atoms with Gasteiger partial charge in [-0.15, -0.1) is 0 Å². The van der Waals surface area contributed by atoms with Crippen molar-refractivity contribution in [3.63, 3.8) is 0 Å². The van der Waals surface area contributed by atoms with Gasteiger partial charge in [-0.3, -0.25) is 9.59 Å². The third-order valence-electron chi connectivity index (χ3n) is 4.49. The summed E-state index contributed by atoms with van der Waals surface area (Å²) in [5.41, 5.74) is 2.81. The van der Waals surface area contributed by atoms with Gasteiger partial charge in [0, 0.05) is 25.5 Å². The second kappa shape index (κ2) is 8.49. The molecule has 0 aliphatic heterocycles. The minimum Gasteiger partial charge on any atom is -0.464 e. The van der Waals surface area contributed by atoms with Crippen molar-refractivity contribution in [2.24, 2.45) is 0 Å². The Hall–Kier alpha value is -3.14. The van der Waals surface area contributed by atoms with Gasteiger partial charge < -0.3 is 9.32 Å². The van der Waals surface area contributed by atoms with Gasteiger partial charge >= 0.3 is 0 Å². The maximum atomic E-state index is 12.4. The summed E-state index contributed by atoms with van der Waals surface area (Å²) in [5.74, 6) is 1.47. The monoisotopic (exact) mass is 361 g/mol. The normalized spacial score (nSPS) is 10.6. The van der Waals surface area contributed by atoms with Crippen LogP contribution in [0.4, 0.5) is 0 Å². The van der Waals surface area contributed by atoms with Crippen LogP contribution in [0.15, 0.2) is 71.1 Å². The molecule has 27 heavy (non-hydrogen) atoms. The highest BCUT2D eigenvalue weighted by Crippen LogP contribution is 2.20. The molecule has 3 rings (SSSR count). The number of Topliss-reactive ketones (excluding diaryl/α,β-unsaturated/α-hetero) is 1. The number of hydrogen-bond acceptors (Lipinski definition) is 3. The van der Waals surface area contributed by atoms with Crippen LogP contribution in [0, 0.1) is 6.92 Å². The summed E-state index contributed by atoms with van der Waals surface area (Å²) in [5, 5.41) is 0. The molecule has 0 bridgehead atoms. The molecule has 0 radical (unpaired) electrons. The fourth-order valence-corrected chi connectivity index (χ4v) is 2.93. The van der Waals surface area contributed by atoms with E-state index in [1.165, 1.54) is 0 Å². The number of amides is 1. The van der Waals surface area contributed by atoms with E-state index >= 15 is 0 Å².